The molecule has 0 bridgehead atoms. The Morgan fingerprint density at radius 3 is 3.00 bits per heavy atom. The van der Waals surface area contributed by atoms with Gasteiger partial charge in [0.15, 0.2) is 17.9 Å². The van der Waals surface area contributed by atoms with Crippen LogP contribution in [0.1, 0.15) is 10.5 Å². The predicted octanol–water partition coefficient (Wildman–Crippen LogP) is 1.55. The van der Waals surface area contributed by atoms with Crippen molar-refractivity contribution in [3.63, 3.8) is 0 Å². The van der Waals surface area contributed by atoms with E-state index in [1.54, 1.807) is 18.2 Å². The van der Waals surface area contributed by atoms with Gasteiger partial charge in [-0.15, -0.1) is 0 Å². The second-order valence-electron chi connectivity index (χ2n) is 2.40. The fraction of sp³-hybridized carbons (Fsp3) is 0. The van der Waals surface area contributed by atoms with Crippen molar-refractivity contribution in [2.24, 2.45) is 0 Å². The van der Waals surface area contributed by atoms with E-state index in [-0.39, 0.29) is 0 Å². The Hall–Kier alpha value is -1.97. The number of rotatable bonds is 2. The Balaban J connectivity index is 2.47. The molecule has 0 fully saturated rings. The predicted molar refractivity (Wildman–Crippen MR) is 45.1 cm³/mol. The largest absolute Gasteiger partial charge is 0.461 e. The first-order valence-corrected chi connectivity index (χ1v) is 3.72. The van der Waals surface area contributed by atoms with Crippen LogP contribution in [0, 0.1) is 0 Å². The molecule has 0 aliphatic rings. The van der Waals surface area contributed by atoms with Crippen LogP contribution in [0.25, 0.3) is 11.6 Å². The maximum absolute atomic E-state index is 10.4. The molecule has 4 heteroatoms. The smallest absolute Gasteiger partial charge is 0.196 e. The van der Waals surface area contributed by atoms with Crippen molar-refractivity contribution >= 4 is 6.29 Å². The van der Waals surface area contributed by atoms with Crippen LogP contribution in [0.15, 0.2) is 35.1 Å². The van der Waals surface area contributed by atoms with Gasteiger partial charge in [-0.1, -0.05) is 0 Å². The summed E-state index contributed by atoms with van der Waals surface area (Å²) in [5.41, 5.74) is 0.349. The molecular weight excluding hydrogens is 168 g/mol. The van der Waals surface area contributed by atoms with Crippen molar-refractivity contribution in [2.45, 2.75) is 0 Å². The van der Waals surface area contributed by atoms with Gasteiger partial charge in [0, 0.05) is 6.20 Å². The maximum atomic E-state index is 10.4. The molecule has 0 saturated heterocycles. The number of aromatic nitrogens is 2. The Morgan fingerprint density at radius 2 is 2.31 bits per heavy atom. The first-order valence-electron chi connectivity index (χ1n) is 3.72. The van der Waals surface area contributed by atoms with Crippen LogP contribution >= 0.6 is 0 Å². The molecule has 0 spiro atoms. The quantitative estimate of drug-likeness (QED) is 0.648. The van der Waals surface area contributed by atoms with Gasteiger partial charge in [0.2, 0.25) is 0 Å². The summed E-state index contributed by atoms with van der Waals surface area (Å²) < 4.78 is 5.08. The third-order valence-electron chi connectivity index (χ3n) is 1.54. The maximum Gasteiger partial charge on any atom is 0.196 e. The lowest BCUT2D eigenvalue weighted by molar-refractivity contribution is 0.111. The van der Waals surface area contributed by atoms with E-state index in [0.717, 1.165) is 0 Å². The topological polar surface area (TPSA) is 56.0 Å². The van der Waals surface area contributed by atoms with E-state index >= 15 is 0 Å². The minimum Gasteiger partial charge on any atom is -0.461 e. The number of hydrogen-bond donors (Lipinski definition) is 0. The van der Waals surface area contributed by atoms with Crippen LogP contribution in [0.2, 0.25) is 0 Å². The van der Waals surface area contributed by atoms with Gasteiger partial charge >= 0.3 is 0 Å². The molecule has 0 atom stereocenters. The van der Waals surface area contributed by atoms with Crippen molar-refractivity contribution in [1.82, 2.24) is 9.97 Å². The SMILES string of the molecule is O=Cc1ccnc(-c2ccco2)n1. The molecule has 0 aliphatic carbocycles. The average molecular weight is 174 g/mol. The number of hydrogen-bond acceptors (Lipinski definition) is 4. The molecule has 2 rings (SSSR count). The first kappa shape index (κ1) is 7.67. The molecule has 2 heterocycles. The highest BCUT2D eigenvalue weighted by Gasteiger charge is 2.03. The first-order chi connectivity index (χ1) is 6.40. The zero-order valence-electron chi connectivity index (χ0n) is 6.68. The van der Waals surface area contributed by atoms with E-state index < -0.39 is 0 Å². The van der Waals surface area contributed by atoms with Crippen LogP contribution in [-0.4, -0.2) is 16.3 Å². The summed E-state index contributed by atoms with van der Waals surface area (Å²) in [5, 5.41) is 0. The lowest BCUT2D eigenvalue weighted by Gasteiger charge is -1.94. The van der Waals surface area contributed by atoms with Crippen molar-refractivity contribution in [1.29, 1.82) is 0 Å². The highest BCUT2D eigenvalue weighted by Crippen LogP contribution is 2.13. The number of nitrogens with zero attached hydrogens (tertiary/aromatic N) is 2. The van der Waals surface area contributed by atoms with E-state index in [1.165, 1.54) is 12.5 Å². The molecule has 0 aromatic carbocycles. The van der Waals surface area contributed by atoms with Gasteiger partial charge in [-0.3, -0.25) is 4.79 Å². The molecule has 0 amide bonds. The second kappa shape index (κ2) is 3.18. The third kappa shape index (κ3) is 1.46. The Kier molecular flexibility index (Phi) is 1.88. The molecule has 64 valence electrons. The average Bonchev–Trinajstić information content (AvgIpc) is 2.71. The Morgan fingerprint density at radius 1 is 1.38 bits per heavy atom. The van der Waals surface area contributed by atoms with Crippen LogP contribution in [0.4, 0.5) is 0 Å². The number of furan rings is 1. The molecule has 0 unspecified atom stereocenters. The van der Waals surface area contributed by atoms with Gasteiger partial charge in [-0.25, -0.2) is 9.97 Å². The standard InChI is InChI=1S/C9H6N2O2/c12-6-7-3-4-10-9(11-7)8-2-1-5-13-8/h1-6H. The lowest BCUT2D eigenvalue weighted by atomic mass is 10.4. The zero-order valence-corrected chi connectivity index (χ0v) is 6.68. The molecular formula is C9H6N2O2. The Bertz CT molecular complexity index is 409. The van der Waals surface area contributed by atoms with Gasteiger partial charge < -0.3 is 4.42 Å². The van der Waals surface area contributed by atoms with Gasteiger partial charge in [-0.2, -0.15) is 0 Å². The summed E-state index contributed by atoms with van der Waals surface area (Å²) in [7, 11) is 0. The summed E-state index contributed by atoms with van der Waals surface area (Å²) in [6, 6.07) is 5.02. The van der Waals surface area contributed by atoms with E-state index in [4.69, 9.17) is 4.42 Å². The van der Waals surface area contributed by atoms with Crippen LogP contribution in [0.3, 0.4) is 0 Å². The highest BCUT2D eigenvalue weighted by molar-refractivity contribution is 5.72. The highest BCUT2D eigenvalue weighted by atomic mass is 16.3. The summed E-state index contributed by atoms with van der Waals surface area (Å²) in [6.45, 7) is 0. The molecule has 0 aliphatic heterocycles. The normalized spacial score (nSPS) is 9.85. The zero-order chi connectivity index (χ0) is 9.10. The van der Waals surface area contributed by atoms with Crippen LogP contribution in [-0.2, 0) is 0 Å². The number of aldehydes is 1. The summed E-state index contributed by atoms with van der Waals surface area (Å²) >= 11 is 0. The number of carbonyl (C=O) groups is 1. The molecule has 2 aromatic heterocycles. The summed E-state index contributed by atoms with van der Waals surface area (Å²) in [4.78, 5) is 18.3. The van der Waals surface area contributed by atoms with E-state index in [0.29, 0.717) is 23.6 Å². The van der Waals surface area contributed by atoms with Crippen LogP contribution in [0.5, 0.6) is 0 Å². The van der Waals surface area contributed by atoms with Crippen molar-refractivity contribution < 1.29 is 9.21 Å². The molecule has 4 nitrogen and oxygen atoms in total. The second-order valence-corrected chi connectivity index (χ2v) is 2.40. The van der Waals surface area contributed by atoms with Crippen molar-refractivity contribution in [3.8, 4) is 11.6 Å². The monoisotopic (exact) mass is 174 g/mol. The third-order valence-corrected chi connectivity index (χ3v) is 1.54. The molecule has 0 radical (unpaired) electrons. The van der Waals surface area contributed by atoms with E-state index in [2.05, 4.69) is 9.97 Å². The summed E-state index contributed by atoms with van der Waals surface area (Å²) in [6.07, 6.45) is 3.73. The molecule has 2 aromatic rings. The molecule has 0 N–H and O–H groups in total. The van der Waals surface area contributed by atoms with Gasteiger partial charge in [0.25, 0.3) is 0 Å². The van der Waals surface area contributed by atoms with Gasteiger partial charge in [0.1, 0.15) is 5.69 Å². The van der Waals surface area contributed by atoms with E-state index in [9.17, 15) is 4.79 Å². The van der Waals surface area contributed by atoms with Crippen LogP contribution < -0.4 is 0 Å². The van der Waals surface area contributed by atoms with Crippen molar-refractivity contribution in [2.75, 3.05) is 0 Å². The lowest BCUT2D eigenvalue weighted by Crippen LogP contribution is -1.91. The number of carbonyl (C=O) groups excluding carboxylic acids is 1. The van der Waals surface area contributed by atoms with Gasteiger partial charge in [0.05, 0.1) is 6.26 Å². The van der Waals surface area contributed by atoms with Crippen molar-refractivity contribution in [3.05, 3.63) is 36.4 Å². The molecule has 0 saturated carbocycles. The van der Waals surface area contributed by atoms with E-state index in [1.807, 2.05) is 0 Å². The minimum absolute atomic E-state index is 0.349. The summed E-state index contributed by atoms with van der Waals surface area (Å²) in [5.74, 6) is 0.985. The van der Waals surface area contributed by atoms with Gasteiger partial charge in [-0.05, 0) is 18.2 Å². The Labute approximate surface area is 74.2 Å². The minimum atomic E-state index is 0.349. The molecule has 13 heavy (non-hydrogen) atoms. The fourth-order valence-corrected chi connectivity index (χ4v) is 0.963. The fourth-order valence-electron chi connectivity index (χ4n) is 0.963.